The number of carbonyl (C=O) groups is 2. The van der Waals surface area contributed by atoms with Gasteiger partial charge in [-0.25, -0.2) is 19.6 Å². The highest BCUT2D eigenvalue weighted by Gasteiger charge is 1.98. The minimum absolute atomic E-state index is 0.0599. The van der Waals surface area contributed by atoms with Crippen LogP contribution in [0.15, 0.2) is 12.4 Å². The molecule has 0 bridgehead atoms. The summed E-state index contributed by atoms with van der Waals surface area (Å²) in [5.41, 5.74) is 4.03. The highest BCUT2D eigenvalue weighted by atomic mass is 16.4. The molecule has 0 aromatic carbocycles. The number of nitrogens with one attached hydrogen (secondary N) is 1. The van der Waals surface area contributed by atoms with E-state index in [0.29, 0.717) is 0 Å². The molecule has 0 atom stereocenters. The molecule has 1 heterocycles. The Morgan fingerprint density at radius 2 is 1.67 bits per heavy atom. The number of amides is 2. The minimum Gasteiger partial charge on any atom is -0.505 e. The maximum Gasteiger partial charge on any atom is 0.411 e. The van der Waals surface area contributed by atoms with Crippen LogP contribution in [-0.2, 0) is 0 Å². The SMILES string of the molecule is NC(=O)O.O=C(O)Nc1ncc(O)cn1. The van der Waals surface area contributed by atoms with Crippen molar-refractivity contribution in [1.82, 2.24) is 9.97 Å². The van der Waals surface area contributed by atoms with Crippen LogP contribution >= 0.6 is 0 Å². The van der Waals surface area contributed by atoms with E-state index >= 15 is 0 Å². The first-order chi connectivity index (χ1) is 6.91. The highest BCUT2D eigenvalue weighted by Crippen LogP contribution is 2.04. The molecule has 9 heteroatoms. The van der Waals surface area contributed by atoms with Crippen molar-refractivity contribution in [3.05, 3.63) is 12.4 Å². The Balaban J connectivity index is 0.000000423. The molecule has 2 amide bonds. The van der Waals surface area contributed by atoms with Gasteiger partial charge >= 0.3 is 12.2 Å². The van der Waals surface area contributed by atoms with Gasteiger partial charge in [0.2, 0.25) is 5.95 Å². The van der Waals surface area contributed by atoms with Crippen LogP contribution in [-0.4, -0.2) is 37.5 Å². The van der Waals surface area contributed by atoms with Crippen molar-refractivity contribution in [2.45, 2.75) is 0 Å². The van der Waals surface area contributed by atoms with E-state index in [1.54, 1.807) is 0 Å². The molecule has 6 N–H and O–H groups in total. The summed E-state index contributed by atoms with van der Waals surface area (Å²) in [6.45, 7) is 0. The monoisotopic (exact) mass is 216 g/mol. The Morgan fingerprint density at radius 3 is 2.00 bits per heavy atom. The maximum absolute atomic E-state index is 10.0. The molecule has 0 radical (unpaired) electrons. The van der Waals surface area contributed by atoms with E-state index in [1.165, 1.54) is 0 Å². The van der Waals surface area contributed by atoms with Crippen LogP contribution in [0.1, 0.15) is 0 Å². The van der Waals surface area contributed by atoms with Crippen molar-refractivity contribution in [3.8, 4) is 5.75 Å². The van der Waals surface area contributed by atoms with E-state index < -0.39 is 12.2 Å². The second kappa shape index (κ2) is 5.96. The molecule has 1 aromatic heterocycles. The fourth-order valence-electron chi connectivity index (χ4n) is 0.481. The Labute approximate surface area is 83.2 Å². The zero-order chi connectivity index (χ0) is 11.8. The molecule has 0 spiro atoms. The van der Waals surface area contributed by atoms with E-state index in [4.69, 9.17) is 20.1 Å². The van der Waals surface area contributed by atoms with Gasteiger partial charge in [0.1, 0.15) is 0 Å². The number of rotatable bonds is 1. The zero-order valence-electron chi connectivity index (χ0n) is 7.28. The van der Waals surface area contributed by atoms with Crippen LogP contribution < -0.4 is 11.1 Å². The molecule has 82 valence electrons. The molecule has 0 fully saturated rings. The topological polar surface area (TPSA) is 159 Å². The van der Waals surface area contributed by atoms with Gasteiger partial charge in [-0.2, -0.15) is 0 Å². The highest BCUT2D eigenvalue weighted by molar-refractivity contribution is 5.80. The maximum atomic E-state index is 10.0. The fourth-order valence-corrected chi connectivity index (χ4v) is 0.481. The van der Waals surface area contributed by atoms with E-state index in [0.717, 1.165) is 12.4 Å². The number of aromatic nitrogens is 2. The smallest absolute Gasteiger partial charge is 0.411 e. The summed E-state index contributed by atoms with van der Waals surface area (Å²) in [6, 6.07) is 0. The van der Waals surface area contributed by atoms with Crippen molar-refractivity contribution in [1.29, 1.82) is 0 Å². The molecule has 0 aliphatic carbocycles. The average molecular weight is 216 g/mol. The predicted molar refractivity (Wildman–Crippen MR) is 47.6 cm³/mol. The third-order valence-corrected chi connectivity index (χ3v) is 0.857. The average Bonchev–Trinajstić information content (AvgIpc) is 2.07. The molecule has 0 aliphatic rings. The molecular formula is C6H8N4O5. The van der Waals surface area contributed by atoms with Gasteiger partial charge in [-0.05, 0) is 0 Å². The third kappa shape index (κ3) is 7.77. The first-order valence-corrected chi connectivity index (χ1v) is 3.41. The summed E-state index contributed by atoms with van der Waals surface area (Å²) < 4.78 is 0. The standard InChI is InChI=1S/C5H5N3O3.CH3NO2/c9-3-1-6-4(7-2-3)8-5(10)11;2-1(3)4/h1-2,9H,(H,10,11)(H,6,7,8);2H2,(H,3,4). The molecule has 1 rings (SSSR count). The second-order valence-electron chi connectivity index (χ2n) is 2.03. The van der Waals surface area contributed by atoms with Gasteiger partial charge in [0.25, 0.3) is 0 Å². The zero-order valence-corrected chi connectivity index (χ0v) is 7.28. The van der Waals surface area contributed by atoms with E-state index in [-0.39, 0.29) is 11.7 Å². The van der Waals surface area contributed by atoms with Gasteiger partial charge in [0, 0.05) is 0 Å². The molecule has 9 nitrogen and oxygen atoms in total. The molecule has 0 saturated heterocycles. The summed E-state index contributed by atoms with van der Waals surface area (Å²) in [5.74, 6) is -0.170. The molecule has 0 unspecified atom stereocenters. The van der Waals surface area contributed by atoms with E-state index in [9.17, 15) is 4.79 Å². The number of primary amides is 1. The Morgan fingerprint density at radius 1 is 1.27 bits per heavy atom. The van der Waals surface area contributed by atoms with E-state index in [2.05, 4.69) is 15.7 Å². The summed E-state index contributed by atoms with van der Waals surface area (Å²) >= 11 is 0. The molecule has 0 aliphatic heterocycles. The minimum atomic E-state index is -1.33. The summed E-state index contributed by atoms with van der Waals surface area (Å²) in [4.78, 5) is 25.7. The largest absolute Gasteiger partial charge is 0.505 e. The van der Waals surface area contributed by atoms with Crippen molar-refractivity contribution in [3.63, 3.8) is 0 Å². The second-order valence-corrected chi connectivity index (χ2v) is 2.03. The normalized spacial score (nSPS) is 8.27. The third-order valence-electron chi connectivity index (χ3n) is 0.857. The van der Waals surface area contributed by atoms with Gasteiger partial charge < -0.3 is 21.1 Å². The number of aromatic hydroxyl groups is 1. The van der Waals surface area contributed by atoms with Gasteiger partial charge in [-0.15, -0.1) is 0 Å². The lowest BCUT2D eigenvalue weighted by Gasteiger charge is -1.96. The van der Waals surface area contributed by atoms with Crippen LogP contribution in [0.5, 0.6) is 5.75 Å². The Bertz CT molecular complexity index is 334. The molecule has 0 saturated carbocycles. The van der Waals surface area contributed by atoms with Crippen LogP contribution in [0.4, 0.5) is 15.5 Å². The summed E-state index contributed by atoms with van der Waals surface area (Å²) in [7, 11) is 0. The van der Waals surface area contributed by atoms with Crippen molar-refractivity contribution < 1.29 is 24.9 Å². The fraction of sp³-hybridized carbons (Fsp3) is 0. The number of nitrogens with two attached hydrogens (primary N) is 1. The lowest BCUT2D eigenvalue weighted by atomic mass is 10.6. The van der Waals surface area contributed by atoms with Gasteiger partial charge in [0.15, 0.2) is 5.75 Å². The van der Waals surface area contributed by atoms with Crippen molar-refractivity contribution in [2.24, 2.45) is 5.73 Å². The summed E-state index contributed by atoms with van der Waals surface area (Å²) in [6.07, 6.45) is -0.382. The van der Waals surface area contributed by atoms with E-state index in [1.807, 2.05) is 5.32 Å². The van der Waals surface area contributed by atoms with Crippen LogP contribution in [0, 0.1) is 0 Å². The lowest BCUT2D eigenvalue weighted by molar-refractivity contribution is 0.205. The first-order valence-electron chi connectivity index (χ1n) is 3.41. The number of hydrogen-bond donors (Lipinski definition) is 5. The quantitative estimate of drug-likeness (QED) is 0.438. The van der Waals surface area contributed by atoms with Gasteiger partial charge in [-0.1, -0.05) is 0 Å². The van der Waals surface area contributed by atoms with Gasteiger partial charge in [-0.3, -0.25) is 5.32 Å². The van der Waals surface area contributed by atoms with Gasteiger partial charge in [0.05, 0.1) is 12.4 Å². The number of hydrogen-bond acceptors (Lipinski definition) is 5. The lowest BCUT2D eigenvalue weighted by Crippen LogP contribution is -2.09. The predicted octanol–water partition coefficient (Wildman–Crippen LogP) is -0.105. The van der Waals surface area contributed by atoms with Crippen LogP contribution in [0.25, 0.3) is 0 Å². The molecular weight excluding hydrogens is 208 g/mol. The van der Waals surface area contributed by atoms with Crippen LogP contribution in [0.3, 0.4) is 0 Å². The first kappa shape index (κ1) is 12.4. The Hall–Kier alpha value is -2.58. The molecule has 1 aromatic rings. The number of nitrogens with zero attached hydrogens (tertiary/aromatic N) is 2. The number of anilines is 1. The number of carboxylic acid groups (broad SMARTS) is 2. The van der Waals surface area contributed by atoms with Crippen molar-refractivity contribution >= 4 is 18.1 Å². The Kier molecular flexibility index (Phi) is 4.94. The van der Waals surface area contributed by atoms with Crippen molar-refractivity contribution in [2.75, 3.05) is 5.32 Å². The van der Waals surface area contributed by atoms with Crippen LogP contribution in [0.2, 0.25) is 0 Å². The summed E-state index contributed by atoms with van der Waals surface area (Å²) in [5, 5.41) is 26.0. The molecule has 15 heavy (non-hydrogen) atoms.